The number of hydrogen-bond donors (Lipinski definition) is 1. The smallest absolute Gasteiger partial charge is 0.308 e. The SMILES string of the molecule is CCCCOc1ccccc1C(=O)N1CCNC(=O)C1CC(=O)OCCC(C)C. The van der Waals surface area contributed by atoms with Crippen molar-refractivity contribution in [1.29, 1.82) is 0 Å². The van der Waals surface area contributed by atoms with E-state index in [-0.39, 0.29) is 18.2 Å². The Kier molecular flexibility index (Phi) is 8.96. The van der Waals surface area contributed by atoms with Crippen LogP contribution in [0.25, 0.3) is 0 Å². The molecule has 29 heavy (non-hydrogen) atoms. The molecular weight excluding hydrogens is 372 g/mol. The first-order valence-electron chi connectivity index (χ1n) is 10.4. The van der Waals surface area contributed by atoms with Gasteiger partial charge in [-0.1, -0.05) is 39.3 Å². The van der Waals surface area contributed by atoms with Crippen LogP contribution in [0.4, 0.5) is 0 Å². The lowest BCUT2D eigenvalue weighted by Gasteiger charge is -2.34. The number of nitrogens with zero attached hydrogens (tertiary/aromatic N) is 1. The van der Waals surface area contributed by atoms with Crippen molar-refractivity contribution in [2.75, 3.05) is 26.3 Å². The molecule has 160 valence electrons. The van der Waals surface area contributed by atoms with E-state index in [4.69, 9.17) is 9.47 Å². The predicted octanol–water partition coefficient (Wildman–Crippen LogP) is 2.79. The summed E-state index contributed by atoms with van der Waals surface area (Å²) < 4.78 is 11.0. The molecular formula is C22H32N2O5. The summed E-state index contributed by atoms with van der Waals surface area (Å²) in [5, 5.41) is 2.73. The Morgan fingerprint density at radius 2 is 2.00 bits per heavy atom. The molecule has 0 aliphatic carbocycles. The molecule has 0 aromatic heterocycles. The maximum Gasteiger partial charge on any atom is 0.308 e. The average Bonchev–Trinajstić information content (AvgIpc) is 2.69. The van der Waals surface area contributed by atoms with Gasteiger partial charge in [-0.3, -0.25) is 14.4 Å². The van der Waals surface area contributed by atoms with Crippen LogP contribution >= 0.6 is 0 Å². The van der Waals surface area contributed by atoms with Crippen molar-refractivity contribution in [2.24, 2.45) is 5.92 Å². The molecule has 7 heteroatoms. The Morgan fingerprint density at radius 1 is 1.24 bits per heavy atom. The van der Waals surface area contributed by atoms with Crippen LogP contribution in [0.5, 0.6) is 5.75 Å². The number of ether oxygens (including phenoxy) is 2. The minimum absolute atomic E-state index is 0.158. The van der Waals surface area contributed by atoms with Gasteiger partial charge >= 0.3 is 5.97 Å². The van der Waals surface area contributed by atoms with Crippen LogP contribution < -0.4 is 10.1 Å². The number of para-hydroxylation sites is 1. The van der Waals surface area contributed by atoms with Gasteiger partial charge in [-0.25, -0.2) is 0 Å². The number of carbonyl (C=O) groups excluding carboxylic acids is 3. The maximum atomic E-state index is 13.2. The number of esters is 1. The van der Waals surface area contributed by atoms with Gasteiger partial charge in [-0.15, -0.1) is 0 Å². The summed E-state index contributed by atoms with van der Waals surface area (Å²) in [5.74, 6) is -0.210. The Balaban J connectivity index is 2.10. The van der Waals surface area contributed by atoms with Crippen molar-refractivity contribution in [3.63, 3.8) is 0 Å². The van der Waals surface area contributed by atoms with Crippen molar-refractivity contribution < 1.29 is 23.9 Å². The van der Waals surface area contributed by atoms with Gasteiger partial charge in [0.25, 0.3) is 5.91 Å². The second-order valence-corrected chi connectivity index (χ2v) is 7.61. The van der Waals surface area contributed by atoms with E-state index in [1.54, 1.807) is 18.2 Å². The van der Waals surface area contributed by atoms with Crippen molar-refractivity contribution >= 4 is 17.8 Å². The topological polar surface area (TPSA) is 84.9 Å². The molecule has 1 saturated heterocycles. The molecule has 0 saturated carbocycles. The maximum absolute atomic E-state index is 13.2. The average molecular weight is 405 g/mol. The molecule has 0 spiro atoms. The summed E-state index contributed by atoms with van der Waals surface area (Å²) in [6.07, 6.45) is 2.48. The lowest BCUT2D eigenvalue weighted by Crippen LogP contribution is -2.57. The number of amides is 2. The summed E-state index contributed by atoms with van der Waals surface area (Å²) in [6.45, 7) is 7.67. The van der Waals surface area contributed by atoms with E-state index >= 15 is 0 Å². The monoisotopic (exact) mass is 404 g/mol. The van der Waals surface area contributed by atoms with Crippen molar-refractivity contribution in [1.82, 2.24) is 10.2 Å². The highest BCUT2D eigenvalue weighted by Crippen LogP contribution is 2.23. The number of carbonyl (C=O) groups is 3. The van der Waals surface area contributed by atoms with Gasteiger partial charge in [-0.2, -0.15) is 0 Å². The minimum atomic E-state index is -0.883. The van der Waals surface area contributed by atoms with Crippen LogP contribution in [0.2, 0.25) is 0 Å². The number of unbranched alkanes of at least 4 members (excludes halogenated alkanes) is 1. The zero-order valence-electron chi connectivity index (χ0n) is 17.6. The Bertz CT molecular complexity index is 704. The third-order valence-electron chi connectivity index (χ3n) is 4.78. The second kappa shape index (κ2) is 11.4. The molecule has 1 heterocycles. The molecule has 0 radical (unpaired) electrons. The lowest BCUT2D eigenvalue weighted by atomic mass is 10.1. The van der Waals surface area contributed by atoms with Crippen LogP contribution in [0.15, 0.2) is 24.3 Å². The zero-order valence-corrected chi connectivity index (χ0v) is 17.6. The molecule has 2 amide bonds. The minimum Gasteiger partial charge on any atom is -0.493 e. The number of piperazine rings is 1. The molecule has 1 N–H and O–H groups in total. The Morgan fingerprint density at radius 3 is 2.72 bits per heavy atom. The number of hydrogen-bond acceptors (Lipinski definition) is 5. The van der Waals surface area contributed by atoms with Gasteiger partial charge in [0.1, 0.15) is 11.8 Å². The van der Waals surface area contributed by atoms with E-state index in [1.807, 2.05) is 19.9 Å². The van der Waals surface area contributed by atoms with Crippen LogP contribution in [0.3, 0.4) is 0 Å². The molecule has 2 rings (SSSR count). The van der Waals surface area contributed by atoms with Gasteiger partial charge in [-0.05, 0) is 30.9 Å². The van der Waals surface area contributed by atoms with Crippen molar-refractivity contribution in [3.8, 4) is 5.75 Å². The fourth-order valence-corrected chi connectivity index (χ4v) is 3.04. The van der Waals surface area contributed by atoms with Crippen LogP contribution in [-0.4, -0.2) is 55.0 Å². The highest BCUT2D eigenvalue weighted by atomic mass is 16.5. The molecule has 7 nitrogen and oxygen atoms in total. The van der Waals surface area contributed by atoms with Crippen LogP contribution in [0, 0.1) is 5.92 Å². The zero-order chi connectivity index (χ0) is 21.2. The molecule has 1 aliphatic rings. The predicted molar refractivity (Wildman–Crippen MR) is 110 cm³/mol. The second-order valence-electron chi connectivity index (χ2n) is 7.61. The standard InChI is InChI=1S/C22H32N2O5/c1-4-5-13-28-19-9-7-6-8-17(19)22(27)24-12-11-23-21(26)18(24)15-20(25)29-14-10-16(2)3/h6-9,16,18H,4-5,10-15H2,1-3H3,(H,23,26). The molecule has 1 aromatic carbocycles. The van der Waals surface area contributed by atoms with E-state index in [9.17, 15) is 14.4 Å². The third-order valence-corrected chi connectivity index (χ3v) is 4.78. The van der Waals surface area contributed by atoms with E-state index in [1.165, 1.54) is 4.90 Å². The first kappa shape index (κ1) is 22.7. The van der Waals surface area contributed by atoms with E-state index in [0.717, 1.165) is 19.3 Å². The number of rotatable bonds is 10. The Hall–Kier alpha value is -2.57. The summed E-state index contributed by atoms with van der Waals surface area (Å²) in [4.78, 5) is 39.3. The fourth-order valence-electron chi connectivity index (χ4n) is 3.04. The highest BCUT2D eigenvalue weighted by Gasteiger charge is 2.36. The van der Waals surface area contributed by atoms with Crippen LogP contribution in [-0.2, 0) is 14.3 Å². The van der Waals surface area contributed by atoms with Crippen molar-refractivity contribution in [3.05, 3.63) is 29.8 Å². The summed E-state index contributed by atoms with van der Waals surface area (Å²) >= 11 is 0. The largest absolute Gasteiger partial charge is 0.493 e. The third kappa shape index (κ3) is 6.76. The van der Waals surface area contributed by atoms with E-state index in [2.05, 4.69) is 12.2 Å². The molecule has 1 fully saturated rings. The lowest BCUT2D eigenvalue weighted by molar-refractivity contribution is -0.148. The van der Waals surface area contributed by atoms with Gasteiger partial charge in [0.15, 0.2) is 0 Å². The summed E-state index contributed by atoms with van der Waals surface area (Å²) in [5.41, 5.74) is 0.400. The quantitative estimate of drug-likeness (QED) is 0.479. The normalized spacial score (nSPS) is 16.5. The van der Waals surface area contributed by atoms with Gasteiger partial charge in [0, 0.05) is 13.1 Å². The number of benzene rings is 1. The summed E-state index contributed by atoms with van der Waals surface area (Å²) in [6, 6.07) is 6.13. The van der Waals surface area contributed by atoms with E-state index < -0.39 is 12.0 Å². The molecule has 0 bridgehead atoms. The molecule has 1 atom stereocenters. The summed E-state index contributed by atoms with van der Waals surface area (Å²) in [7, 11) is 0. The van der Waals surface area contributed by atoms with Crippen LogP contribution in [0.1, 0.15) is 56.8 Å². The highest BCUT2D eigenvalue weighted by molar-refractivity contribution is 6.01. The first-order valence-corrected chi connectivity index (χ1v) is 10.4. The van der Waals surface area contributed by atoms with E-state index in [0.29, 0.717) is 43.5 Å². The molecule has 1 aliphatic heterocycles. The molecule has 1 aromatic rings. The van der Waals surface area contributed by atoms with Gasteiger partial charge in [0.2, 0.25) is 5.91 Å². The number of nitrogens with one attached hydrogen (secondary N) is 1. The van der Waals surface area contributed by atoms with Crippen molar-refractivity contribution in [2.45, 2.75) is 52.5 Å². The fraction of sp³-hybridized carbons (Fsp3) is 0.591. The Labute approximate surface area is 172 Å². The van der Waals surface area contributed by atoms with Gasteiger partial charge < -0.3 is 19.7 Å². The van der Waals surface area contributed by atoms with Gasteiger partial charge in [0.05, 0.1) is 25.2 Å². The first-order chi connectivity index (χ1) is 13.9. The molecule has 1 unspecified atom stereocenters.